The Morgan fingerprint density at radius 1 is 1.13 bits per heavy atom. The van der Waals surface area contributed by atoms with Gasteiger partial charge in [0.05, 0.1) is 13.7 Å². The molecule has 0 saturated heterocycles. The standard InChI is InChI=1S/C24H22BrNO4S/c1-4-30-19-8-6-5-7-16(19)11-14-20(27)26-23-22(24(28)29-3)21(15(2)31-23)17-9-12-18(25)13-10-17/h5-14H,4H2,1-3H3,(H,26,27)/b14-11+. The van der Waals surface area contributed by atoms with E-state index in [1.807, 2.05) is 62.4 Å². The molecule has 0 aliphatic carbocycles. The first-order valence-electron chi connectivity index (χ1n) is 9.63. The highest BCUT2D eigenvalue weighted by atomic mass is 79.9. The molecule has 7 heteroatoms. The fourth-order valence-electron chi connectivity index (χ4n) is 3.12. The van der Waals surface area contributed by atoms with Crippen molar-refractivity contribution in [3.8, 4) is 16.9 Å². The molecule has 3 rings (SSSR count). The Morgan fingerprint density at radius 2 is 1.84 bits per heavy atom. The van der Waals surface area contributed by atoms with Crippen LogP contribution in [0.1, 0.15) is 27.7 Å². The van der Waals surface area contributed by atoms with Crippen LogP contribution in [0.5, 0.6) is 5.75 Å². The summed E-state index contributed by atoms with van der Waals surface area (Å²) in [6.45, 7) is 4.36. The SMILES string of the molecule is CCOc1ccccc1/C=C/C(=O)Nc1sc(C)c(-c2ccc(Br)cc2)c1C(=O)OC. The lowest BCUT2D eigenvalue weighted by atomic mass is 10.0. The van der Waals surface area contributed by atoms with E-state index in [2.05, 4.69) is 21.2 Å². The molecule has 0 radical (unpaired) electrons. The summed E-state index contributed by atoms with van der Waals surface area (Å²) in [5, 5.41) is 3.29. The second-order valence-electron chi connectivity index (χ2n) is 6.53. The van der Waals surface area contributed by atoms with Crippen molar-refractivity contribution in [3.05, 3.63) is 75.1 Å². The highest BCUT2D eigenvalue weighted by molar-refractivity contribution is 9.10. The Bertz CT molecular complexity index is 1120. The summed E-state index contributed by atoms with van der Waals surface area (Å²) < 4.78 is 11.5. The van der Waals surface area contributed by atoms with E-state index >= 15 is 0 Å². The quantitative estimate of drug-likeness (QED) is 0.305. The van der Waals surface area contributed by atoms with Crippen LogP contribution in [0.25, 0.3) is 17.2 Å². The van der Waals surface area contributed by atoms with Crippen LogP contribution in [0, 0.1) is 6.92 Å². The number of ether oxygens (including phenoxy) is 2. The molecule has 1 aromatic heterocycles. The summed E-state index contributed by atoms with van der Waals surface area (Å²) in [6, 6.07) is 15.1. The van der Waals surface area contributed by atoms with Gasteiger partial charge >= 0.3 is 5.97 Å². The van der Waals surface area contributed by atoms with E-state index < -0.39 is 5.97 Å². The largest absolute Gasteiger partial charge is 0.493 e. The highest BCUT2D eigenvalue weighted by Gasteiger charge is 2.24. The molecule has 0 saturated carbocycles. The Morgan fingerprint density at radius 3 is 2.52 bits per heavy atom. The fraction of sp³-hybridized carbons (Fsp3) is 0.167. The molecule has 160 valence electrons. The molecule has 0 fully saturated rings. The second-order valence-corrected chi connectivity index (χ2v) is 8.67. The normalized spacial score (nSPS) is 10.8. The van der Waals surface area contributed by atoms with Crippen LogP contribution in [0.4, 0.5) is 5.00 Å². The number of carbonyl (C=O) groups excluding carboxylic acids is 2. The van der Waals surface area contributed by atoms with E-state index in [4.69, 9.17) is 9.47 Å². The van der Waals surface area contributed by atoms with Gasteiger partial charge in [0.2, 0.25) is 5.91 Å². The van der Waals surface area contributed by atoms with Crippen molar-refractivity contribution in [2.75, 3.05) is 19.0 Å². The lowest BCUT2D eigenvalue weighted by Gasteiger charge is -2.08. The van der Waals surface area contributed by atoms with E-state index in [1.54, 1.807) is 6.08 Å². The summed E-state index contributed by atoms with van der Waals surface area (Å²) in [4.78, 5) is 26.1. The lowest BCUT2D eigenvalue weighted by Crippen LogP contribution is -2.11. The van der Waals surface area contributed by atoms with Gasteiger partial charge in [-0.2, -0.15) is 0 Å². The molecule has 2 aromatic carbocycles. The Balaban J connectivity index is 1.91. The van der Waals surface area contributed by atoms with Crippen LogP contribution >= 0.6 is 27.3 Å². The van der Waals surface area contributed by atoms with Gasteiger partial charge in [0, 0.05) is 26.6 Å². The Kier molecular flexibility index (Phi) is 7.65. The van der Waals surface area contributed by atoms with E-state index in [0.717, 1.165) is 26.0 Å². The molecule has 0 aliphatic rings. The van der Waals surface area contributed by atoms with Crippen molar-refractivity contribution >= 4 is 50.2 Å². The molecule has 1 amide bonds. The molecular weight excluding hydrogens is 478 g/mol. The van der Waals surface area contributed by atoms with Gasteiger partial charge in [-0.15, -0.1) is 11.3 Å². The molecule has 3 aromatic rings. The summed E-state index contributed by atoms with van der Waals surface area (Å²) in [5.41, 5.74) is 2.78. The molecule has 0 aliphatic heterocycles. The topological polar surface area (TPSA) is 64.6 Å². The Labute approximate surface area is 193 Å². The molecule has 0 unspecified atom stereocenters. The molecular formula is C24H22BrNO4S. The number of para-hydroxylation sites is 1. The number of nitrogens with one attached hydrogen (secondary N) is 1. The number of anilines is 1. The zero-order chi connectivity index (χ0) is 22.4. The van der Waals surface area contributed by atoms with Crippen molar-refractivity contribution in [2.24, 2.45) is 0 Å². The molecule has 0 bridgehead atoms. The maximum absolute atomic E-state index is 12.6. The van der Waals surface area contributed by atoms with Crippen LogP contribution < -0.4 is 10.1 Å². The van der Waals surface area contributed by atoms with Crippen LogP contribution in [0.3, 0.4) is 0 Å². The van der Waals surface area contributed by atoms with Gasteiger partial charge < -0.3 is 14.8 Å². The van der Waals surface area contributed by atoms with Crippen molar-refractivity contribution in [1.29, 1.82) is 0 Å². The first-order chi connectivity index (χ1) is 14.9. The van der Waals surface area contributed by atoms with Gasteiger partial charge in [0.15, 0.2) is 0 Å². The highest BCUT2D eigenvalue weighted by Crippen LogP contribution is 2.40. The molecule has 1 heterocycles. The maximum Gasteiger partial charge on any atom is 0.341 e. The third-order valence-corrected chi connectivity index (χ3v) is 6.03. The zero-order valence-corrected chi connectivity index (χ0v) is 19.8. The number of benzene rings is 2. The summed E-state index contributed by atoms with van der Waals surface area (Å²) in [5.74, 6) is -0.142. The van der Waals surface area contributed by atoms with Crippen LogP contribution in [0.15, 0.2) is 59.1 Å². The van der Waals surface area contributed by atoms with Crippen LogP contribution in [-0.4, -0.2) is 25.6 Å². The van der Waals surface area contributed by atoms with Crippen molar-refractivity contribution in [2.45, 2.75) is 13.8 Å². The average molecular weight is 500 g/mol. The maximum atomic E-state index is 12.6. The number of aryl methyl sites for hydroxylation is 1. The van der Waals surface area contributed by atoms with E-state index in [-0.39, 0.29) is 5.91 Å². The number of esters is 1. The number of rotatable bonds is 7. The second kappa shape index (κ2) is 10.4. The third-order valence-electron chi connectivity index (χ3n) is 4.48. The zero-order valence-electron chi connectivity index (χ0n) is 17.4. The van der Waals surface area contributed by atoms with Gasteiger partial charge in [-0.05, 0) is 43.7 Å². The minimum absolute atomic E-state index is 0.347. The number of hydrogen-bond acceptors (Lipinski definition) is 5. The number of methoxy groups -OCH3 is 1. The lowest BCUT2D eigenvalue weighted by molar-refractivity contribution is -0.111. The predicted octanol–water partition coefficient (Wildman–Crippen LogP) is 6.32. The predicted molar refractivity (Wildman–Crippen MR) is 129 cm³/mol. The first kappa shape index (κ1) is 22.8. The monoisotopic (exact) mass is 499 g/mol. The minimum atomic E-state index is -0.497. The Hall–Kier alpha value is -2.90. The van der Waals surface area contributed by atoms with Crippen LogP contribution in [-0.2, 0) is 9.53 Å². The summed E-state index contributed by atoms with van der Waals surface area (Å²) >= 11 is 4.77. The minimum Gasteiger partial charge on any atom is -0.493 e. The number of thiophene rings is 1. The van der Waals surface area contributed by atoms with Crippen molar-refractivity contribution in [1.82, 2.24) is 0 Å². The molecule has 0 spiro atoms. The molecule has 1 N–H and O–H groups in total. The van der Waals surface area contributed by atoms with E-state index in [9.17, 15) is 9.59 Å². The number of carbonyl (C=O) groups is 2. The summed E-state index contributed by atoms with van der Waals surface area (Å²) in [6.07, 6.45) is 3.11. The summed E-state index contributed by atoms with van der Waals surface area (Å²) in [7, 11) is 1.33. The van der Waals surface area contributed by atoms with Crippen molar-refractivity contribution in [3.63, 3.8) is 0 Å². The number of hydrogen-bond donors (Lipinski definition) is 1. The number of halogens is 1. The van der Waals surface area contributed by atoms with Crippen molar-refractivity contribution < 1.29 is 19.1 Å². The third kappa shape index (κ3) is 5.42. The molecule has 31 heavy (non-hydrogen) atoms. The average Bonchev–Trinajstić information content (AvgIpc) is 3.08. The van der Waals surface area contributed by atoms with E-state index in [1.165, 1.54) is 24.5 Å². The van der Waals surface area contributed by atoms with Gasteiger partial charge in [-0.25, -0.2) is 4.79 Å². The van der Waals surface area contributed by atoms with E-state index in [0.29, 0.717) is 22.9 Å². The smallest absolute Gasteiger partial charge is 0.341 e. The van der Waals surface area contributed by atoms with Crippen LogP contribution in [0.2, 0.25) is 0 Å². The first-order valence-corrected chi connectivity index (χ1v) is 11.2. The fourth-order valence-corrected chi connectivity index (χ4v) is 4.45. The van der Waals surface area contributed by atoms with Gasteiger partial charge in [0.25, 0.3) is 0 Å². The van der Waals surface area contributed by atoms with Gasteiger partial charge in [0.1, 0.15) is 16.3 Å². The van der Waals surface area contributed by atoms with Gasteiger partial charge in [-0.3, -0.25) is 4.79 Å². The van der Waals surface area contributed by atoms with Gasteiger partial charge in [-0.1, -0.05) is 46.3 Å². The number of amides is 1. The molecule has 5 nitrogen and oxygen atoms in total. The molecule has 0 atom stereocenters.